The fourth-order valence-electron chi connectivity index (χ4n) is 1.15. The first-order chi connectivity index (χ1) is 7.18. The van der Waals surface area contributed by atoms with Crippen molar-refractivity contribution in [3.63, 3.8) is 0 Å². The average Bonchev–Trinajstić information content (AvgIpc) is 2.25. The van der Waals surface area contributed by atoms with E-state index in [0.29, 0.717) is 38.9 Å². The van der Waals surface area contributed by atoms with Gasteiger partial charge in [-0.05, 0) is 6.92 Å². The quantitative estimate of drug-likeness (QED) is 0.338. The molecule has 3 N–H and O–H groups in total. The van der Waals surface area contributed by atoms with Crippen LogP contribution in [0.15, 0.2) is 17.1 Å². The molecule has 0 saturated carbocycles. The molecule has 16 heavy (non-hydrogen) atoms. The standard InChI is InChI=1S/C10H19N3O2.HI/c1-8(2)5-12-10(11)13-6-9-7-14-3-4-15-9;/h9H,1,3-7H2,2H3,(H3,11,12,13);1H. The summed E-state index contributed by atoms with van der Waals surface area (Å²) in [5.74, 6) is 0.423. The van der Waals surface area contributed by atoms with Crippen molar-refractivity contribution in [3.8, 4) is 0 Å². The van der Waals surface area contributed by atoms with Crippen LogP contribution in [0, 0.1) is 0 Å². The van der Waals surface area contributed by atoms with Crippen molar-refractivity contribution in [1.82, 2.24) is 5.32 Å². The van der Waals surface area contributed by atoms with E-state index in [-0.39, 0.29) is 30.1 Å². The highest BCUT2D eigenvalue weighted by molar-refractivity contribution is 14.0. The lowest BCUT2D eigenvalue weighted by atomic mass is 10.3. The third-order valence-electron chi connectivity index (χ3n) is 1.92. The first-order valence-electron chi connectivity index (χ1n) is 5.06. The minimum Gasteiger partial charge on any atom is -0.376 e. The number of hydrogen-bond donors (Lipinski definition) is 2. The highest BCUT2D eigenvalue weighted by Gasteiger charge is 2.13. The molecular formula is C10H20IN3O2. The number of nitrogens with one attached hydrogen (secondary N) is 1. The summed E-state index contributed by atoms with van der Waals surface area (Å²) in [4.78, 5) is 4.10. The maximum Gasteiger partial charge on any atom is 0.188 e. The third-order valence-corrected chi connectivity index (χ3v) is 1.92. The maximum atomic E-state index is 5.64. The van der Waals surface area contributed by atoms with Crippen molar-refractivity contribution in [2.75, 3.05) is 32.9 Å². The molecule has 1 aliphatic heterocycles. The normalized spacial score (nSPS) is 21.1. The molecule has 0 spiro atoms. The molecule has 0 aromatic heterocycles. The van der Waals surface area contributed by atoms with Gasteiger partial charge in [-0.15, -0.1) is 24.0 Å². The molecule has 1 heterocycles. The van der Waals surface area contributed by atoms with Gasteiger partial charge in [-0.3, -0.25) is 0 Å². The molecule has 5 nitrogen and oxygen atoms in total. The van der Waals surface area contributed by atoms with Gasteiger partial charge < -0.3 is 20.5 Å². The predicted octanol–water partition coefficient (Wildman–Crippen LogP) is 0.500. The highest BCUT2D eigenvalue weighted by atomic mass is 127. The molecule has 94 valence electrons. The Morgan fingerprint density at radius 2 is 2.31 bits per heavy atom. The zero-order valence-corrected chi connectivity index (χ0v) is 11.9. The molecule has 0 aromatic carbocycles. The van der Waals surface area contributed by atoms with E-state index >= 15 is 0 Å². The van der Waals surface area contributed by atoms with E-state index in [1.165, 1.54) is 0 Å². The van der Waals surface area contributed by atoms with E-state index in [1.54, 1.807) is 0 Å². The SMILES string of the molecule is C=C(C)CN=C(N)NCC1COCCO1.I. The molecule has 0 bridgehead atoms. The summed E-state index contributed by atoms with van der Waals surface area (Å²) in [6.07, 6.45) is 0.0670. The lowest BCUT2D eigenvalue weighted by Gasteiger charge is -2.23. The van der Waals surface area contributed by atoms with Crippen LogP contribution >= 0.6 is 24.0 Å². The lowest BCUT2D eigenvalue weighted by Crippen LogP contribution is -2.42. The van der Waals surface area contributed by atoms with Gasteiger partial charge in [0.15, 0.2) is 5.96 Å². The van der Waals surface area contributed by atoms with Crippen molar-refractivity contribution in [2.24, 2.45) is 10.7 Å². The number of aliphatic imine (C=N–C) groups is 1. The second-order valence-electron chi connectivity index (χ2n) is 3.61. The summed E-state index contributed by atoms with van der Waals surface area (Å²) in [5, 5.41) is 2.99. The molecule has 1 atom stereocenters. The summed E-state index contributed by atoms with van der Waals surface area (Å²) >= 11 is 0. The average molecular weight is 341 g/mol. The van der Waals surface area contributed by atoms with Crippen LogP contribution in [0.25, 0.3) is 0 Å². The first-order valence-corrected chi connectivity index (χ1v) is 5.06. The molecule has 0 aromatic rings. The topological polar surface area (TPSA) is 68.9 Å². The molecule has 0 amide bonds. The second-order valence-corrected chi connectivity index (χ2v) is 3.61. The van der Waals surface area contributed by atoms with Crippen molar-refractivity contribution < 1.29 is 9.47 Å². The number of ether oxygens (including phenoxy) is 2. The first kappa shape index (κ1) is 15.7. The maximum absolute atomic E-state index is 5.64. The summed E-state index contributed by atoms with van der Waals surface area (Å²) in [6, 6.07) is 0. The number of guanidine groups is 1. The van der Waals surface area contributed by atoms with Crippen LogP contribution in [-0.2, 0) is 9.47 Å². The molecule has 1 fully saturated rings. The molecular weight excluding hydrogens is 321 g/mol. The van der Waals surface area contributed by atoms with Gasteiger partial charge in [-0.2, -0.15) is 0 Å². The van der Waals surface area contributed by atoms with Crippen LogP contribution in [0.1, 0.15) is 6.92 Å². The van der Waals surface area contributed by atoms with Crippen molar-refractivity contribution in [1.29, 1.82) is 0 Å². The number of halogens is 1. The summed E-state index contributed by atoms with van der Waals surface area (Å²) in [7, 11) is 0. The number of hydrogen-bond acceptors (Lipinski definition) is 3. The molecule has 1 aliphatic rings. The Morgan fingerprint density at radius 1 is 1.56 bits per heavy atom. The van der Waals surface area contributed by atoms with E-state index in [4.69, 9.17) is 15.2 Å². The minimum absolute atomic E-state index is 0. The summed E-state index contributed by atoms with van der Waals surface area (Å²) < 4.78 is 10.7. The summed E-state index contributed by atoms with van der Waals surface area (Å²) in [5.41, 5.74) is 6.62. The Balaban J connectivity index is 0.00000225. The van der Waals surface area contributed by atoms with Gasteiger partial charge in [0.2, 0.25) is 0 Å². The Hall–Kier alpha value is -0.340. The van der Waals surface area contributed by atoms with Crippen LogP contribution in [0.3, 0.4) is 0 Å². The van der Waals surface area contributed by atoms with Crippen LogP contribution < -0.4 is 11.1 Å². The Kier molecular flexibility index (Phi) is 8.58. The van der Waals surface area contributed by atoms with Gasteiger partial charge in [0.25, 0.3) is 0 Å². The van der Waals surface area contributed by atoms with E-state index in [2.05, 4.69) is 16.9 Å². The second kappa shape index (κ2) is 8.77. The van der Waals surface area contributed by atoms with Gasteiger partial charge in [0.1, 0.15) is 0 Å². The third kappa shape index (κ3) is 7.02. The molecule has 1 unspecified atom stereocenters. The van der Waals surface area contributed by atoms with Gasteiger partial charge in [0.05, 0.1) is 32.5 Å². The zero-order chi connectivity index (χ0) is 11.1. The van der Waals surface area contributed by atoms with Gasteiger partial charge in [-0.25, -0.2) is 4.99 Å². The zero-order valence-electron chi connectivity index (χ0n) is 9.57. The fraction of sp³-hybridized carbons (Fsp3) is 0.700. The predicted molar refractivity (Wildman–Crippen MR) is 75.3 cm³/mol. The largest absolute Gasteiger partial charge is 0.376 e. The Bertz CT molecular complexity index is 240. The Labute approximate surface area is 113 Å². The van der Waals surface area contributed by atoms with E-state index < -0.39 is 0 Å². The molecule has 1 saturated heterocycles. The number of rotatable bonds is 4. The molecule has 6 heteroatoms. The van der Waals surface area contributed by atoms with Crippen LogP contribution in [0.5, 0.6) is 0 Å². The lowest BCUT2D eigenvalue weighted by molar-refractivity contribution is -0.0850. The number of nitrogens with two attached hydrogens (primary N) is 1. The Morgan fingerprint density at radius 3 is 2.88 bits per heavy atom. The smallest absolute Gasteiger partial charge is 0.188 e. The van der Waals surface area contributed by atoms with Crippen LogP contribution in [-0.4, -0.2) is 45.0 Å². The molecule has 0 radical (unpaired) electrons. The van der Waals surface area contributed by atoms with E-state index in [0.717, 1.165) is 5.57 Å². The van der Waals surface area contributed by atoms with E-state index in [1.807, 2.05) is 6.92 Å². The van der Waals surface area contributed by atoms with Gasteiger partial charge in [0, 0.05) is 6.54 Å². The van der Waals surface area contributed by atoms with Crippen molar-refractivity contribution in [2.45, 2.75) is 13.0 Å². The highest BCUT2D eigenvalue weighted by Crippen LogP contribution is 1.98. The fourth-order valence-corrected chi connectivity index (χ4v) is 1.15. The monoisotopic (exact) mass is 341 g/mol. The van der Waals surface area contributed by atoms with Gasteiger partial charge >= 0.3 is 0 Å². The van der Waals surface area contributed by atoms with E-state index in [9.17, 15) is 0 Å². The van der Waals surface area contributed by atoms with Crippen molar-refractivity contribution >= 4 is 29.9 Å². The van der Waals surface area contributed by atoms with Crippen molar-refractivity contribution in [3.05, 3.63) is 12.2 Å². The minimum atomic E-state index is 0. The van der Waals surface area contributed by atoms with Crippen LogP contribution in [0.4, 0.5) is 0 Å². The molecule has 1 rings (SSSR count). The van der Waals surface area contributed by atoms with Crippen LogP contribution in [0.2, 0.25) is 0 Å². The molecule has 0 aliphatic carbocycles. The summed E-state index contributed by atoms with van der Waals surface area (Å²) in [6.45, 7) is 8.78. The number of nitrogens with zero attached hydrogens (tertiary/aromatic N) is 1. The van der Waals surface area contributed by atoms with Gasteiger partial charge in [-0.1, -0.05) is 12.2 Å².